The van der Waals surface area contributed by atoms with Gasteiger partial charge in [-0.05, 0) is 69.2 Å². The number of hydrogen-bond donors (Lipinski definition) is 0. The van der Waals surface area contributed by atoms with Crippen LogP contribution in [-0.2, 0) is 0 Å². The summed E-state index contributed by atoms with van der Waals surface area (Å²) in [6.07, 6.45) is 0. The Morgan fingerprint density at radius 1 is 0.306 bits per heavy atom. The molecule has 0 aliphatic heterocycles. The van der Waals surface area contributed by atoms with Crippen LogP contribution >= 0.6 is 0 Å². The fourth-order valence-electron chi connectivity index (χ4n) is 9.91. The SMILES string of the molecule is c1ccc(-c2ccc(-n3c4ccccc4c4ccc(-c5c6ccccc6cc6c7ccc8ccccc8c7n(-c7nc(-c8ccccc8)c8ccccc8n7)c56)cc43)cc2)cc1. The van der Waals surface area contributed by atoms with Gasteiger partial charge >= 0.3 is 0 Å². The molecule has 0 unspecified atom stereocenters. The van der Waals surface area contributed by atoms with Crippen molar-refractivity contribution in [3.63, 3.8) is 0 Å². The zero-order chi connectivity index (χ0) is 40.7. The second-order valence-electron chi connectivity index (χ2n) is 16.1. The molecule has 0 spiro atoms. The van der Waals surface area contributed by atoms with E-state index in [1.807, 2.05) is 0 Å². The number of fused-ring (bicyclic) bond motifs is 10. The van der Waals surface area contributed by atoms with Crippen LogP contribution in [-0.4, -0.2) is 19.1 Å². The number of rotatable bonds is 5. The van der Waals surface area contributed by atoms with Crippen LogP contribution in [0.2, 0.25) is 0 Å². The van der Waals surface area contributed by atoms with Crippen molar-refractivity contribution >= 4 is 76.1 Å². The first-order valence-corrected chi connectivity index (χ1v) is 21.2. The van der Waals surface area contributed by atoms with E-state index in [1.54, 1.807) is 0 Å². The average molecular weight is 789 g/mol. The molecule has 0 amide bonds. The van der Waals surface area contributed by atoms with Gasteiger partial charge in [-0.2, -0.15) is 0 Å². The maximum atomic E-state index is 5.54. The van der Waals surface area contributed by atoms with E-state index in [0.717, 1.165) is 71.7 Å². The number of benzene rings is 10. The first-order valence-electron chi connectivity index (χ1n) is 21.2. The Kier molecular flexibility index (Phi) is 7.57. The molecule has 0 fully saturated rings. The highest BCUT2D eigenvalue weighted by molar-refractivity contribution is 6.25. The van der Waals surface area contributed by atoms with Gasteiger partial charge in [-0.25, -0.2) is 9.97 Å². The van der Waals surface area contributed by atoms with Crippen molar-refractivity contribution in [1.82, 2.24) is 19.1 Å². The minimum atomic E-state index is 0.643. The van der Waals surface area contributed by atoms with E-state index >= 15 is 0 Å². The van der Waals surface area contributed by atoms with Gasteiger partial charge in [0.2, 0.25) is 5.95 Å². The van der Waals surface area contributed by atoms with Crippen molar-refractivity contribution in [3.8, 4) is 45.1 Å². The minimum absolute atomic E-state index is 0.643. The van der Waals surface area contributed by atoms with E-state index in [0.29, 0.717) is 5.95 Å². The summed E-state index contributed by atoms with van der Waals surface area (Å²) >= 11 is 0. The number of aromatic nitrogens is 4. The molecule has 0 radical (unpaired) electrons. The van der Waals surface area contributed by atoms with Gasteiger partial charge in [0, 0.05) is 49.1 Å². The van der Waals surface area contributed by atoms with Crippen LogP contribution in [0.3, 0.4) is 0 Å². The minimum Gasteiger partial charge on any atom is -0.309 e. The molecule has 4 heteroatoms. The van der Waals surface area contributed by atoms with Crippen LogP contribution in [0.15, 0.2) is 218 Å². The van der Waals surface area contributed by atoms with Gasteiger partial charge < -0.3 is 4.57 Å². The van der Waals surface area contributed by atoms with E-state index in [-0.39, 0.29) is 0 Å². The molecule has 0 bridgehead atoms. The molecular formula is C58H36N4. The fraction of sp³-hybridized carbons (Fsp3) is 0. The zero-order valence-corrected chi connectivity index (χ0v) is 33.6. The second-order valence-corrected chi connectivity index (χ2v) is 16.1. The Morgan fingerprint density at radius 3 is 1.71 bits per heavy atom. The van der Waals surface area contributed by atoms with E-state index in [1.165, 1.54) is 43.6 Å². The summed E-state index contributed by atoms with van der Waals surface area (Å²) in [5.74, 6) is 0.643. The van der Waals surface area contributed by atoms with Crippen molar-refractivity contribution in [2.75, 3.05) is 0 Å². The molecule has 0 aliphatic carbocycles. The molecule has 13 aromatic rings. The largest absolute Gasteiger partial charge is 0.309 e. The lowest BCUT2D eigenvalue weighted by molar-refractivity contribution is 1.02. The van der Waals surface area contributed by atoms with Gasteiger partial charge in [0.25, 0.3) is 0 Å². The van der Waals surface area contributed by atoms with E-state index in [2.05, 4.69) is 228 Å². The summed E-state index contributed by atoms with van der Waals surface area (Å²) in [5.41, 5.74) is 13.2. The molecule has 13 rings (SSSR count). The van der Waals surface area contributed by atoms with Crippen LogP contribution in [0.1, 0.15) is 0 Å². The maximum absolute atomic E-state index is 5.54. The molecular weight excluding hydrogens is 753 g/mol. The van der Waals surface area contributed by atoms with Crippen LogP contribution in [0.25, 0.3) is 121 Å². The highest BCUT2D eigenvalue weighted by atomic mass is 15.2. The number of hydrogen-bond acceptors (Lipinski definition) is 2. The monoisotopic (exact) mass is 788 g/mol. The number of nitrogens with zero attached hydrogens (tertiary/aromatic N) is 4. The van der Waals surface area contributed by atoms with E-state index in [9.17, 15) is 0 Å². The third-order valence-electron chi connectivity index (χ3n) is 12.7. The first kappa shape index (κ1) is 34.5. The molecule has 10 aromatic carbocycles. The molecule has 0 N–H and O–H groups in total. The molecule has 0 saturated heterocycles. The van der Waals surface area contributed by atoms with Gasteiger partial charge in [0.15, 0.2) is 0 Å². The van der Waals surface area contributed by atoms with Gasteiger partial charge in [0.1, 0.15) is 0 Å². The summed E-state index contributed by atoms with van der Waals surface area (Å²) < 4.78 is 4.78. The normalized spacial score (nSPS) is 11.9. The summed E-state index contributed by atoms with van der Waals surface area (Å²) in [6.45, 7) is 0. The lowest BCUT2D eigenvalue weighted by atomic mass is 9.94. The Morgan fingerprint density at radius 2 is 0.903 bits per heavy atom. The third kappa shape index (κ3) is 5.20. The van der Waals surface area contributed by atoms with E-state index < -0.39 is 0 Å². The molecule has 0 atom stereocenters. The Labute approximate surface area is 357 Å². The van der Waals surface area contributed by atoms with Crippen LogP contribution in [0.4, 0.5) is 0 Å². The third-order valence-corrected chi connectivity index (χ3v) is 12.7. The summed E-state index contributed by atoms with van der Waals surface area (Å²) in [5, 5.41) is 10.5. The van der Waals surface area contributed by atoms with Crippen LogP contribution in [0, 0.1) is 0 Å². The quantitative estimate of drug-likeness (QED) is 0.174. The predicted octanol–water partition coefficient (Wildman–Crippen LogP) is 15.1. The lowest BCUT2D eigenvalue weighted by Gasteiger charge is -2.16. The smallest absolute Gasteiger partial charge is 0.235 e. The standard InChI is InChI=1S/C58H36N4/c1-3-15-37(16-4-1)38-27-31-43(32-28-38)61-52-26-14-12-23-46(52)47-33-30-42(36-53(47)61)54-44-21-9-8-20-41(44)35-50-48-34-29-39-17-7-10-22-45(39)56(48)62(57(50)54)58-59-51-25-13-11-24-49(51)55(60-58)40-18-5-2-6-19-40/h1-36H. The molecule has 3 heterocycles. The van der Waals surface area contributed by atoms with Crippen LogP contribution < -0.4 is 0 Å². The van der Waals surface area contributed by atoms with Crippen molar-refractivity contribution in [2.24, 2.45) is 0 Å². The molecule has 288 valence electrons. The Hall–Kier alpha value is -8.34. The van der Waals surface area contributed by atoms with Crippen molar-refractivity contribution < 1.29 is 0 Å². The van der Waals surface area contributed by atoms with Gasteiger partial charge in [0.05, 0.1) is 33.3 Å². The molecule has 0 aliphatic rings. The zero-order valence-electron chi connectivity index (χ0n) is 33.6. The molecule has 62 heavy (non-hydrogen) atoms. The number of para-hydroxylation sites is 2. The maximum Gasteiger partial charge on any atom is 0.235 e. The van der Waals surface area contributed by atoms with E-state index in [4.69, 9.17) is 9.97 Å². The average Bonchev–Trinajstić information content (AvgIpc) is 3.86. The van der Waals surface area contributed by atoms with Crippen molar-refractivity contribution in [3.05, 3.63) is 218 Å². The molecule has 0 saturated carbocycles. The highest BCUT2D eigenvalue weighted by Crippen LogP contribution is 2.46. The first-order chi connectivity index (χ1) is 30.8. The van der Waals surface area contributed by atoms with Gasteiger partial charge in [-0.3, -0.25) is 4.57 Å². The molecule has 3 aromatic heterocycles. The van der Waals surface area contributed by atoms with Crippen molar-refractivity contribution in [2.45, 2.75) is 0 Å². The summed E-state index contributed by atoms with van der Waals surface area (Å²) in [4.78, 5) is 11.0. The Bertz CT molecular complexity index is 3900. The highest BCUT2D eigenvalue weighted by Gasteiger charge is 2.24. The topological polar surface area (TPSA) is 35.6 Å². The molecule has 4 nitrogen and oxygen atoms in total. The summed E-state index contributed by atoms with van der Waals surface area (Å²) in [7, 11) is 0. The van der Waals surface area contributed by atoms with Gasteiger partial charge in [-0.1, -0.05) is 182 Å². The van der Waals surface area contributed by atoms with Gasteiger partial charge in [-0.15, -0.1) is 0 Å². The lowest BCUT2D eigenvalue weighted by Crippen LogP contribution is -2.04. The fourth-order valence-corrected chi connectivity index (χ4v) is 9.91. The van der Waals surface area contributed by atoms with Crippen molar-refractivity contribution in [1.29, 1.82) is 0 Å². The second kappa shape index (κ2) is 13.6. The Balaban J connectivity index is 1.16. The van der Waals surface area contributed by atoms with Crippen LogP contribution in [0.5, 0.6) is 0 Å². The predicted molar refractivity (Wildman–Crippen MR) is 260 cm³/mol. The summed E-state index contributed by atoms with van der Waals surface area (Å²) in [6, 6.07) is 78.6.